The van der Waals surface area contributed by atoms with E-state index < -0.39 is 9.84 Å². The average molecular weight is 223 g/mol. The first-order valence-corrected chi connectivity index (χ1v) is 6.87. The van der Waals surface area contributed by atoms with Crippen LogP contribution in [0, 0.1) is 5.92 Å². The lowest BCUT2D eigenvalue weighted by atomic mass is 10.0. The summed E-state index contributed by atoms with van der Waals surface area (Å²) in [5.74, 6) is 0.271. The third-order valence-corrected chi connectivity index (χ3v) is 3.35. The van der Waals surface area contributed by atoms with Crippen molar-refractivity contribution >= 4 is 9.84 Å². The Bertz CT molecular complexity index is 251. The Morgan fingerprint density at radius 2 is 1.79 bits per heavy atom. The predicted molar refractivity (Wildman–Crippen MR) is 58.0 cm³/mol. The van der Waals surface area contributed by atoms with E-state index in [-0.39, 0.29) is 30.4 Å². The first kappa shape index (κ1) is 13.9. The fraction of sp³-hybridized carbons (Fsp3) is 1.00. The van der Waals surface area contributed by atoms with E-state index in [1.54, 1.807) is 0 Å². The van der Waals surface area contributed by atoms with Gasteiger partial charge in [0.15, 0.2) is 0 Å². The number of rotatable bonds is 6. The zero-order valence-corrected chi connectivity index (χ0v) is 10.1. The van der Waals surface area contributed by atoms with E-state index in [2.05, 4.69) is 5.32 Å². The van der Waals surface area contributed by atoms with Gasteiger partial charge in [0.05, 0.1) is 5.75 Å². The highest BCUT2D eigenvalue weighted by Gasteiger charge is 2.16. The van der Waals surface area contributed by atoms with Gasteiger partial charge in [-0.1, -0.05) is 6.92 Å². The van der Waals surface area contributed by atoms with Crippen molar-refractivity contribution in [2.24, 2.45) is 5.92 Å². The summed E-state index contributed by atoms with van der Waals surface area (Å²) < 4.78 is 21.9. The summed E-state index contributed by atoms with van der Waals surface area (Å²) >= 11 is 0. The minimum absolute atomic E-state index is 0.0750. The summed E-state index contributed by atoms with van der Waals surface area (Å²) in [5, 5.41) is 12.0. The van der Waals surface area contributed by atoms with Crippen LogP contribution >= 0.6 is 0 Å². The van der Waals surface area contributed by atoms with Crippen molar-refractivity contribution in [1.82, 2.24) is 5.32 Å². The van der Waals surface area contributed by atoms with Gasteiger partial charge >= 0.3 is 0 Å². The van der Waals surface area contributed by atoms with Gasteiger partial charge in [0.25, 0.3) is 0 Å². The molecule has 4 nitrogen and oxygen atoms in total. The molecule has 0 aromatic heterocycles. The molecular weight excluding hydrogens is 202 g/mol. The highest BCUT2D eigenvalue weighted by Crippen LogP contribution is 2.02. The lowest BCUT2D eigenvalue weighted by molar-refractivity contribution is 0.203. The largest absolute Gasteiger partial charge is 0.396 e. The summed E-state index contributed by atoms with van der Waals surface area (Å²) in [5.41, 5.74) is 0. The van der Waals surface area contributed by atoms with Gasteiger partial charge in [-0.3, -0.25) is 0 Å². The lowest BCUT2D eigenvalue weighted by Crippen LogP contribution is -2.42. The van der Waals surface area contributed by atoms with Gasteiger partial charge in [0.1, 0.15) is 9.84 Å². The van der Waals surface area contributed by atoms with Gasteiger partial charge in [-0.15, -0.1) is 0 Å². The standard InChI is InChI=1S/C9H21NO3S/c1-7(5-11)9(3)10-8(2)6-14(4,12)13/h7-11H,5-6H2,1-4H3. The van der Waals surface area contributed by atoms with E-state index in [1.807, 2.05) is 20.8 Å². The zero-order valence-electron chi connectivity index (χ0n) is 9.32. The molecule has 3 atom stereocenters. The Morgan fingerprint density at radius 3 is 2.14 bits per heavy atom. The average Bonchev–Trinajstić information content (AvgIpc) is 1.99. The number of sulfone groups is 1. The van der Waals surface area contributed by atoms with Crippen LogP contribution in [0.1, 0.15) is 20.8 Å². The quantitative estimate of drug-likeness (QED) is 0.666. The minimum Gasteiger partial charge on any atom is -0.396 e. The van der Waals surface area contributed by atoms with Crippen molar-refractivity contribution in [3.63, 3.8) is 0 Å². The molecule has 5 heteroatoms. The Kier molecular flexibility index (Phi) is 5.63. The van der Waals surface area contributed by atoms with Crippen molar-refractivity contribution in [3.05, 3.63) is 0 Å². The zero-order chi connectivity index (χ0) is 11.4. The smallest absolute Gasteiger partial charge is 0.148 e. The number of hydrogen-bond donors (Lipinski definition) is 2. The molecule has 0 saturated heterocycles. The van der Waals surface area contributed by atoms with E-state index in [0.29, 0.717) is 0 Å². The highest BCUT2D eigenvalue weighted by atomic mass is 32.2. The second kappa shape index (κ2) is 5.68. The van der Waals surface area contributed by atoms with Crippen LogP contribution in [0.2, 0.25) is 0 Å². The lowest BCUT2D eigenvalue weighted by Gasteiger charge is -2.23. The third-order valence-electron chi connectivity index (χ3n) is 2.24. The summed E-state index contributed by atoms with van der Waals surface area (Å²) in [6.45, 7) is 5.81. The topological polar surface area (TPSA) is 66.4 Å². The maximum Gasteiger partial charge on any atom is 0.148 e. The van der Waals surface area contributed by atoms with Gasteiger partial charge in [-0.05, 0) is 19.8 Å². The first-order chi connectivity index (χ1) is 6.26. The van der Waals surface area contributed by atoms with Gasteiger partial charge in [-0.2, -0.15) is 0 Å². The Hall–Kier alpha value is -0.130. The van der Waals surface area contributed by atoms with Gasteiger partial charge in [0, 0.05) is 24.9 Å². The molecule has 0 rings (SSSR count). The summed E-state index contributed by atoms with van der Waals surface area (Å²) in [6.07, 6.45) is 1.23. The van der Waals surface area contributed by atoms with E-state index in [9.17, 15) is 8.42 Å². The Balaban J connectivity index is 4.00. The first-order valence-electron chi connectivity index (χ1n) is 4.81. The Labute approximate surface area is 86.6 Å². The molecule has 0 saturated carbocycles. The van der Waals surface area contributed by atoms with E-state index in [0.717, 1.165) is 0 Å². The van der Waals surface area contributed by atoms with E-state index in [4.69, 9.17) is 5.11 Å². The number of aliphatic hydroxyl groups excluding tert-OH is 1. The van der Waals surface area contributed by atoms with Crippen LogP contribution < -0.4 is 5.32 Å². The third kappa shape index (κ3) is 6.34. The highest BCUT2D eigenvalue weighted by molar-refractivity contribution is 7.90. The molecule has 14 heavy (non-hydrogen) atoms. The molecule has 0 aliphatic rings. The van der Waals surface area contributed by atoms with Crippen molar-refractivity contribution < 1.29 is 13.5 Å². The van der Waals surface area contributed by atoms with Crippen molar-refractivity contribution in [2.75, 3.05) is 18.6 Å². The molecule has 86 valence electrons. The van der Waals surface area contributed by atoms with E-state index >= 15 is 0 Å². The Morgan fingerprint density at radius 1 is 1.29 bits per heavy atom. The molecule has 2 N–H and O–H groups in total. The molecule has 0 bridgehead atoms. The summed E-state index contributed by atoms with van der Waals surface area (Å²) in [6, 6.07) is 0.0470. The fourth-order valence-corrected chi connectivity index (χ4v) is 2.28. The molecule has 0 heterocycles. The van der Waals surface area contributed by atoms with Crippen LogP contribution in [-0.2, 0) is 9.84 Å². The van der Waals surface area contributed by atoms with Crippen molar-refractivity contribution in [3.8, 4) is 0 Å². The molecule has 0 aromatic rings. The second-order valence-electron chi connectivity index (χ2n) is 4.11. The van der Waals surface area contributed by atoms with Crippen LogP contribution in [0.3, 0.4) is 0 Å². The van der Waals surface area contributed by atoms with E-state index in [1.165, 1.54) is 6.26 Å². The monoisotopic (exact) mass is 223 g/mol. The molecule has 0 radical (unpaired) electrons. The number of aliphatic hydroxyl groups is 1. The molecule has 0 fully saturated rings. The maximum absolute atomic E-state index is 11.0. The molecule has 0 aliphatic carbocycles. The van der Waals surface area contributed by atoms with Crippen LogP contribution in [0.4, 0.5) is 0 Å². The molecule has 0 aliphatic heterocycles. The normalized spacial score (nSPS) is 18.9. The summed E-state index contributed by atoms with van der Waals surface area (Å²) in [7, 11) is -2.93. The van der Waals surface area contributed by atoms with Crippen molar-refractivity contribution in [1.29, 1.82) is 0 Å². The summed E-state index contributed by atoms with van der Waals surface area (Å²) in [4.78, 5) is 0. The van der Waals surface area contributed by atoms with Crippen LogP contribution in [0.25, 0.3) is 0 Å². The molecule has 0 amide bonds. The van der Waals surface area contributed by atoms with Crippen LogP contribution in [0.5, 0.6) is 0 Å². The predicted octanol–water partition coefficient (Wildman–Crippen LogP) is 0.0260. The molecular formula is C9H21NO3S. The SMILES string of the molecule is CC(CS(C)(=O)=O)NC(C)C(C)CO. The molecule has 0 spiro atoms. The van der Waals surface area contributed by atoms with Crippen LogP contribution in [0.15, 0.2) is 0 Å². The number of nitrogens with one attached hydrogen (secondary N) is 1. The maximum atomic E-state index is 11.0. The second-order valence-corrected chi connectivity index (χ2v) is 6.29. The fourth-order valence-electron chi connectivity index (χ4n) is 1.27. The van der Waals surface area contributed by atoms with Gasteiger partial charge in [-0.25, -0.2) is 8.42 Å². The van der Waals surface area contributed by atoms with Gasteiger partial charge in [0.2, 0.25) is 0 Å². The van der Waals surface area contributed by atoms with Crippen LogP contribution in [-0.4, -0.2) is 44.2 Å². The number of hydrogen-bond acceptors (Lipinski definition) is 4. The minimum atomic E-state index is -2.93. The molecule has 3 unspecified atom stereocenters. The van der Waals surface area contributed by atoms with Gasteiger partial charge < -0.3 is 10.4 Å². The van der Waals surface area contributed by atoms with Crippen molar-refractivity contribution in [2.45, 2.75) is 32.9 Å². The molecule has 0 aromatic carbocycles.